The first kappa shape index (κ1) is 10.8. The van der Waals surface area contributed by atoms with Crippen molar-refractivity contribution >= 4 is 11.6 Å². The third-order valence-corrected chi connectivity index (χ3v) is 2.32. The summed E-state index contributed by atoms with van der Waals surface area (Å²) in [6, 6.07) is 8.14. The number of nitrogens with two attached hydrogens (primary N) is 1. The molecule has 16 heavy (non-hydrogen) atoms. The fourth-order valence-electron chi connectivity index (χ4n) is 1.42. The van der Waals surface area contributed by atoms with Crippen LogP contribution in [-0.4, -0.2) is 18.6 Å². The highest BCUT2D eigenvalue weighted by Gasteiger charge is 2.20. The minimum Gasteiger partial charge on any atom is -0.492 e. The van der Waals surface area contributed by atoms with E-state index in [-0.39, 0.29) is 0 Å². The lowest BCUT2D eigenvalue weighted by atomic mass is 10.3. The number of nitrogens with one attached hydrogen (secondary N) is 1. The summed E-state index contributed by atoms with van der Waals surface area (Å²) in [5.74, 6) is 1.27. The van der Waals surface area contributed by atoms with E-state index in [9.17, 15) is 0 Å². The monoisotopic (exact) mass is 219 g/mol. The zero-order valence-corrected chi connectivity index (χ0v) is 9.44. The number of ether oxygens (including phenoxy) is 1. The second-order valence-corrected chi connectivity index (χ2v) is 3.80. The van der Waals surface area contributed by atoms with Gasteiger partial charge in [0.05, 0.1) is 18.3 Å². The van der Waals surface area contributed by atoms with Gasteiger partial charge in [-0.3, -0.25) is 0 Å². The van der Waals surface area contributed by atoms with Crippen molar-refractivity contribution in [3.05, 3.63) is 24.3 Å². The smallest absolute Gasteiger partial charge is 0.193 e. The Labute approximate surface area is 95.5 Å². The molecule has 1 aromatic carbocycles. The van der Waals surface area contributed by atoms with Crippen molar-refractivity contribution in [1.29, 1.82) is 0 Å². The number of hydrogen-bond donors (Lipinski definition) is 2. The highest BCUT2D eigenvalue weighted by molar-refractivity contribution is 5.93. The Morgan fingerprint density at radius 2 is 2.25 bits per heavy atom. The van der Waals surface area contributed by atoms with Gasteiger partial charge in [-0.25, -0.2) is 4.99 Å². The van der Waals surface area contributed by atoms with Gasteiger partial charge in [0.15, 0.2) is 5.96 Å². The molecule has 86 valence electrons. The lowest BCUT2D eigenvalue weighted by molar-refractivity contribution is 0.342. The molecule has 0 saturated heterocycles. The number of anilines is 1. The number of nitrogens with zero attached hydrogens (tertiary/aromatic N) is 1. The summed E-state index contributed by atoms with van der Waals surface area (Å²) in [5.41, 5.74) is 6.66. The van der Waals surface area contributed by atoms with Crippen LogP contribution in [0.5, 0.6) is 5.75 Å². The molecule has 3 N–H and O–H groups in total. The quantitative estimate of drug-likeness (QED) is 0.601. The SMILES string of the molecule is CCOc1ccccc1NC(N)=NC1CC1. The van der Waals surface area contributed by atoms with E-state index in [4.69, 9.17) is 10.5 Å². The number of guanidine groups is 1. The maximum absolute atomic E-state index is 5.80. The third kappa shape index (κ3) is 2.89. The topological polar surface area (TPSA) is 59.6 Å². The van der Waals surface area contributed by atoms with Gasteiger partial charge in [-0.1, -0.05) is 12.1 Å². The van der Waals surface area contributed by atoms with E-state index in [2.05, 4.69) is 10.3 Å². The summed E-state index contributed by atoms with van der Waals surface area (Å²) in [6.07, 6.45) is 2.30. The molecule has 0 heterocycles. The maximum atomic E-state index is 5.80. The summed E-state index contributed by atoms with van der Waals surface area (Å²) in [4.78, 5) is 4.31. The Balaban J connectivity index is 2.06. The Morgan fingerprint density at radius 3 is 2.94 bits per heavy atom. The van der Waals surface area contributed by atoms with Crippen molar-refractivity contribution in [2.24, 2.45) is 10.7 Å². The highest BCUT2D eigenvalue weighted by atomic mass is 16.5. The van der Waals surface area contributed by atoms with E-state index in [1.54, 1.807) is 0 Å². The van der Waals surface area contributed by atoms with Gasteiger partial charge < -0.3 is 15.8 Å². The van der Waals surface area contributed by atoms with E-state index in [1.165, 1.54) is 0 Å². The summed E-state index contributed by atoms with van der Waals surface area (Å²) >= 11 is 0. The standard InChI is InChI=1S/C12H17N3O/c1-2-16-11-6-4-3-5-10(11)15-12(13)14-9-7-8-9/h3-6,9H,2,7-8H2,1H3,(H3,13,14,15). The largest absolute Gasteiger partial charge is 0.492 e. The molecule has 1 aromatic rings. The Kier molecular flexibility index (Phi) is 3.29. The average Bonchev–Trinajstić information content (AvgIpc) is 3.05. The van der Waals surface area contributed by atoms with Crippen LogP contribution < -0.4 is 15.8 Å². The molecule has 0 radical (unpaired) electrons. The van der Waals surface area contributed by atoms with E-state index in [0.29, 0.717) is 18.6 Å². The summed E-state index contributed by atoms with van der Waals surface area (Å²) in [6.45, 7) is 2.59. The van der Waals surface area contributed by atoms with Crippen molar-refractivity contribution < 1.29 is 4.74 Å². The molecule has 4 heteroatoms. The second-order valence-electron chi connectivity index (χ2n) is 3.80. The predicted octanol–water partition coefficient (Wildman–Crippen LogP) is 1.97. The molecule has 1 aliphatic carbocycles. The normalized spacial score (nSPS) is 15.9. The molecule has 1 saturated carbocycles. The van der Waals surface area contributed by atoms with Gasteiger partial charge in [-0.05, 0) is 31.9 Å². The first-order valence-electron chi connectivity index (χ1n) is 5.61. The van der Waals surface area contributed by atoms with Crippen molar-refractivity contribution in [3.8, 4) is 5.75 Å². The van der Waals surface area contributed by atoms with Crippen LogP contribution in [0.15, 0.2) is 29.3 Å². The number of para-hydroxylation sites is 2. The average molecular weight is 219 g/mol. The molecule has 1 fully saturated rings. The van der Waals surface area contributed by atoms with E-state index in [1.807, 2.05) is 31.2 Å². The van der Waals surface area contributed by atoms with Crippen LogP contribution in [0.1, 0.15) is 19.8 Å². The second kappa shape index (κ2) is 4.88. The van der Waals surface area contributed by atoms with Crippen LogP contribution in [0.3, 0.4) is 0 Å². The first-order chi connectivity index (χ1) is 7.79. The molecule has 0 spiro atoms. The number of rotatable bonds is 4. The van der Waals surface area contributed by atoms with Gasteiger partial charge in [0.25, 0.3) is 0 Å². The molecule has 0 atom stereocenters. The van der Waals surface area contributed by atoms with Crippen LogP contribution in [0, 0.1) is 0 Å². The van der Waals surface area contributed by atoms with E-state index < -0.39 is 0 Å². The first-order valence-corrected chi connectivity index (χ1v) is 5.61. The van der Waals surface area contributed by atoms with Crippen LogP contribution in [-0.2, 0) is 0 Å². The van der Waals surface area contributed by atoms with Crippen LogP contribution >= 0.6 is 0 Å². The molecule has 0 amide bonds. The molecule has 1 aliphatic rings. The summed E-state index contributed by atoms with van der Waals surface area (Å²) < 4.78 is 5.49. The maximum Gasteiger partial charge on any atom is 0.193 e. The van der Waals surface area contributed by atoms with E-state index in [0.717, 1.165) is 24.3 Å². The summed E-state index contributed by atoms with van der Waals surface area (Å²) in [5, 5.41) is 3.07. The summed E-state index contributed by atoms with van der Waals surface area (Å²) in [7, 11) is 0. The molecule has 0 aliphatic heterocycles. The van der Waals surface area contributed by atoms with Gasteiger partial charge in [0.1, 0.15) is 5.75 Å². The Morgan fingerprint density at radius 1 is 1.50 bits per heavy atom. The number of hydrogen-bond acceptors (Lipinski definition) is 2. The van der Waals surface area contributed by atoms with Gasteiger partial charge >= 0.3 is 0 Å². The molecule has 4 nitrogen and oxygen atoms in total. The fourth-order valence-corrected chi connectivity index (χ4v) is 1.42. The zero-order chi connectivity index (χ0) is 11.4. The van der Waals surface area contributed by atoms with Gasteiger partial charge in [0.2, 0.25) is 0 Å². The van der Waals surface area contributed by atoms with Crippen molar-refractivity contribution in [2.45, 2.75) is 25.8 Å². The molecule has 0 unspecified atom stereocenters. The van der Waals surface area contributed by atoms with Crippen LogP contribution in [0.4, 0.5) is 5.69 Å². The predicted molar refractivity (Wildman–Crippen MR) is 65.9 cm³/mol. The molecular formula is C12H17N3O. The molecule has 2 rings (SSSR count). The highest BCUT2D eigenvalue weighted by Crippen LogP contribution is 2.25. The number of aliphatic imine (C=N–C) groups is 1. The molecular weight excluding hydrogens is 202 g/mol. The Bertz CT molecular complexity index is 386. The molecule has 0 aromatic heterocycles. The minimum absolute atomic E-state index is 0.423. The third-order valence-electron chi connectivity index (χ3n) is 2.32. The zero-order valence-electron chi connectivity index (χ0n) is 9.44. The van der Waals surface area contributed by atoms with Crippen LogP contribution in [0.2, 0.25) is 0 Å². The van der Waals surface area contributed by atoms with Gasteiger partial charge in [-0.2, -0.15) is 0 Å². The van der Waals surface area contributed by atoms with Gasteiger partial charge in [0, 0.05) is 0 Å². The van der Waals surface area contributed by atoms with Crippen molar-refractivity contribution in [2.75, 3.05) is 11.9 Å². The number of benzene rings is 1. The fraction of sp³-hybridized carbons (Fsp3) is 0.417. The van der Waals surface area contributed by atoms with Crippen molar-refractivity contribution in [3.63, 3.8) is 0 Å². The minimum atomic E-state index is 0.423. The van der Waals surface area contributed by atoms with Gasteiger partial charge in [-0.15, -0.1) is 0 Å². The molecule has 0 bridgehead atoms. The Hall–Kier alpha value is -1.71. The van der Waals surface area contributed by atoms with E-state index >= 15 is 0 Å². The van der Waals surface area contributed by atoms with Crippen LogP contribution in [0.25, 0.3) is 0 Å². The van der Waals surface area contributed by atoms with Crippen molar-refractivity contribution in [1.82, 2.24) is 0 Å². The lowest BCUT2D eigenvalue weighted by Gasteiger charge is -2.11. The lowest BCUT2D eigenvalue weighted by Crippen LogP contribution is -2.23.